The number of carbonyl (C=O) groups is 3. The number of aromatic hydroxyl groups is 2. The van der Waals surface area contributed by atoms with Crippen LogP contribution >= 0.6 is 0 Å². The quantitative estimate of drug-likeness (QED) is 0.319. The van der Waals surface area contributed by atoms with Crippen molar-refractivity contribution in [2.45, 2.75) is 44.6 Å². The number of aryl methyl sites for hydroxylation is 1. The maximum Gasteiger partial charge on any atom is 0.302 e. The third-order valence-electron chi connectivity index (χ3n) is 5.65. The molecule has 180 valence electrons. The van der Waals surface area contributed by atoms with Gasteiger partial charge in [0.05, 0.1) is 11.1 Å². The SMILES string of the molecule is CC(=O)OC[C@H]1O[C@@H](Oc2cc(O)cc3c2C(=O)c2c(O)cc(C)cc2C3=O)[C@H](O)[C@@H](O)[C@@H]1O. The number of fused-ring (bicyclic) bond motifs is 2. The van der Waals surface area contributed by atoms with Crippen LogP contribution in [0.1, 0.15) is 44.3 Å². The Labute approximate surface area is 192 Å². The molecule has 4 rings (SSSR count). The summed E-state index contributed by atoms with van der Waals surface area (Å²) in [5, 5.41) is 51.2. The minimum absolute atomic E-state index is 0.0412. The number of hydrogen-bond donors (Lipinski definition) is 5. The maximum atomic E-state index is 13.3. The molecule has 0 radical (unpaired) electrons. The van der Waals surface area contributed by atoms with Gasteiger partial charge >= 0.3 is 5.97 Å². The van der Waals surface area contributed by atoms with Crippen molar-refractivity contribution in [3.8, 4) is 17.2 Å². The van der Waals surface area contributed by atoms with Gasteiger partial charge in [0.25, 0.3) is 0 Å². The summed E-state index contributed by atoms with van der Waals surface area (Å²) in [6, 6.07) is 4.84. The van der Waals surface area contributed by atoms with Gasteiger partial charge in [-0.15, -0.1) is 0 Å². The van der Waals surface area contributed by atoms with Crippen molar-refractivity contribution in [2.24, 2.45) is 0 Å². The number of aliphatic hydroxyl groups is 3. The van der Waals surface area contributed by atoms with Gasteiger partial charge in [-0.25, -0.2) is 0 Å². The van der Waals surface area contributed by atoms with Crippen molar-refractivity contribution in [1.29, 1.82) is 0 Å². The highest BCUT2D eigenvalue weighted by atomic mass is 16.7. The molecule has 2 aliphatic rings. The Hall–Kier alpha value is -3.51. The predicted molar refractivity (Wildman–Crippen MR) is 112 cm³/mol. The van der Waals surface area contributed by atoms with Crippen molar-refractivity contribution in [1.82, 2.24) is 0 Å². The molecule has 1 heterocycles. The highest BCUT2D eigenvalue weighted by molar-refractivity contribution is 6.30. The third-order valence-corrected chi connectivity index (χ3v) is 5.65. The maximum absolute atomic E-state index is 13.3. The average molecular weight is 474 g/mol. The molecule has 34 heavy (non-hydrogen) atoms. The monoisotopic (exact) mass is 474 g/mol. The van der Waals surface area contributed by atoms with Gasteiger partial charge in [0.1, 0.15) is 48.3 Å². The van der Waals surface area contributed by atoms with Crippen LogP contribution < -0.4 is 4.74 Å². The van der Waals surface area contributed by atoms with Gasteiger partial charge in [0, 0.05) is 24.1 Å². The first-order chi connectivity index (χ1) is 16.0. The van der Waals surface area contributed by atoms with Crippen molar-refractivity contribution in [3.05, 3.63) is 52.1 Å². The smallest absolute Gasteiger partial charge is 0.302 e. The van der Waals surface area contributed by atoms with Crippen LogP contribution in [0.15, 0.2) is 24.3 Å². The molecule has 2 aromatic rings. The molecule has 1 aliphatic carbocycles. The number of esters is 1. The van der Waals surface area contributed by atoms with E-state index < -0.39 is 66.3 Å². The van der Waals surface area contributed by atoms with Crippen LogP contribution in [0.5, 0.6) is 17.2 Å². The number of hydrogen-bond acceptors (Lipinski definition) is 11. The van der Waals surface area contributed by atoms with Crippen LogP contribution in [-0.2, 0) is 14.3 Å². The second kappa shape index (κ2) is 8.69. The minimum atomic E-state index is -1.81. The summed E-state index contributed by atoms with van der Waals surface area (Å²) < 4.78 is 15.9. The summed E-state index contributed by atoms with van der Waals surface area (Å²) in [4.78, 5) is 37.5. The number of ketones is 2. The Bertz CT molecular complexity index is 1190. The molecule has 11 heteroatoms. The van der Waals surface area contributed by atoms with E-state index in [1.165, 1.54) is 12.1 Å². The molecule has 5 atom stereocenters. The van der Waals surface area contributed by atoms with E-state index in [-0.39, 0.29) is 28.0 Å². The zero-order chi connectivity index (χ0) is 24.9. The van der Waals surface area contributed by atoms with Crippen LogP contribution in [0.3, 0.4) is 0 Å². The summed E-state index contributed by atoms with van der Waals surface area (Å²) in [7, 11) is 0. The fraction of sp³-hybridized carbons (Fsp3) is 0.348. The lowest BCUT2D eigenvalue weighted by atomic mass is 9.82. The molecule has 0 amide bonds. The number of ether oxygens (including phenoxy) is 3. The number of benzene rings is 2. The van der Waals surface area contributed by atoms with Gasteiger partial charge in [-0.1, -0.05) is 0 Å². The summed E-state index contributed by atoms with van der Waals surface area (Å²) in [5.74, 6) is -3.28. The van der Waals surface area contributed by atoms with Crippen LogP contribution in [0.2, 0.25) is 0 Å². The van der Waals surface area contributed by atoms with E-state index in [1.54, 1.807) is 6.92 Å². The first-order valence-electron chi connectivity index (χ1n) is 10.3. The fourth-order valence-electron chi connectivity index (χ4n) is 4.04. The van der Waals surface area contributed by atoms with E-state index in [0.717, 1.165) is 19.1 Å². The predicted octanol–water partition coefficient (Wildman–Crippen LogP) is -0.0689. The zero-order valence-electron chi connectivity index (χ0n) is 18.1. The first kappa shape index (κ1) is 23.6. The molecular formula is C23H22O11. The van der Waals surface area contributed by atoms with Crippen LogP contribution in [0.4, 0.5) is 0 Å². The Morgan fingerprint density at radius 3 is 2.29 bits per heavy atom. The van der Waals surface area contributed by atoms with Crippen molar-refractivity contribution in [3.63, 3.8) is 0 Å². The third kappa shape index (κ3) is 3.99. The van der Waals surface area contributed by atoms with Crippen LogP contribution in [0.25, 0.3) is 0 Å². The van der Waals surface area contributed by atoms with Gasteiger partial charge in [-0.05, 0) is 30.7 Å². The second-order valence-corrected chi connectivity index (χ2v) is 8.17. The van der Waals surface area contributed by atoms with Crippen molar-refractivity contribution in [2.75, 3.05) is 6.61 Å². The molecule has 1 fully saturated rings. The Morgan fingerprint density at radius 2 is 1.62 bits per heavy atom. The molecule has 11 nitrogen and oxygen atoms in total. The van der Waals surface area contributed by atoms with Crippen LogP contribution in [0, 0.1) is 6.92 Å². The molecule has 2 aromatic carbocycles. The lowest BCUT2D eigenvalue weighted by molar-refractivity contribution is -0.278. The molecule has 0 bridgehead atoms. The van der Waals surface area contributed by atoms with Gasteiger partial charge in [0.2, 0.25) is 12.1 Å². The standard InChI is InChI=1S/C23H22O11/c1-8-3-11-16(13(26)4-8)20(29)17-12(18(11)27)5-10(25)6-14(17)33-23-22(31)21(30)19(28)15(34-23)7-32-9(2)24/h3-6,15,19,21-23,25-26,28,30-31H,7H2,1-2H3/t15-,19-,21+,22-,23-/m1/s1. The second-order valence-electron chi connectivity index (χ2n) is 8.17. The fourth-order valence-corrected chi connectivity index (χ4v) is 4.04. The molecule has 0 saturated carbocycles. The van der Waals surface area contributed by atoms with Crippen LogP contribution in [-0.4, -0.2) is 80.4 Å². The van der Waals surface area contributed by atoms with Gasteiger partial charge in [0.15, 0.2) is 5.78 Å². The van der Waals surface area contributed by atoms with Crippen molar-refractivity contribution < 1.29 is 54.1 Å². The number of phenolic OH excluding ortho intramolecular Hbond substituents is 2. The normalized spacial score (nSPS) is 26.0. The van der Waals surface area contributed by atoms with E-state index in [1.807, 2.05) is 0 Å². The largest absolute Gasteiger partial charge is 0.508 e. The Kier molecular flexibility index (Phi) is 6.04. The number of carbonyl (C=O) groups excluding carboxylic acids is 3. The van der Waals surface area contributed by atoms with E-state index >= 15 is 0 Å². The van der Waals surface area contributed by atoms with Gasteiger partial charge in [-0.2, -0.15) is 0 Å². The van der Waals surface area contributed by atoms with E-state index in [4.69, 9.17) is 14.2 Å². The molecule has 1 aliphatic heterocycles. The number of aliphatic hydroxyl groups excluding tert-OH is 3. The highest BCUT2D eigenvalue weighted by Gasteiger charge is 2.46. The summed E-state index contributed by atoms with van der Waals surface area (Å²) in [5.41, 5.74) is -0.225. The summed E-state index contributed by atoms with van der Waals surface area (Å²) >= 11 is 0. The molecule has 1 saturated heterocycles. The average Bonchev–Trinajstić information content (AvgIpc) is 2.76. The Morgan fingerprint density at radius 1 is 0.941 bits per heavy atom. The molecule has 0 aromatic heterocycles. The highest BCUT2D eigenvalue weighted by Crippen LogP contribution is 2.40. The van der Waals surface area contributed by atoms with E-state index in [0.29, 0.717) is 5.56 Å². The van der Waals surface area contributed by atoms with E-state index in [9.17, 15) is 39.9 Å². The molecule has 5 N–H and O–H groups in total. The first-order valence-corrected chi connectivity index (χ1v) is 10.3. The number of rotatable bonds is 4. The molecule has 0 spiro atoms. The topological polar surface area (TPSA) is 180 Å². The summed E-state index contributed by atoms with van der Waals surface area (Å²) in [6.45, 7) is 2.30. The zero-order valence-corrected chi connectivity index (χ0v) is 18.1. The van der Waals surface area contributed by atoms with Crippen molar-refractivity contribution >= 4 is 17.5 Å². The molecular weight excluding hydrogens is 452 g/mol. The lowest BCUT2D eigenvalue weighted by Gasteiger charge is -2.40. The van der Waals surface area contributed by atoms with E-state index in [2.05, 4.69) is 0 Å². The molecule has 0 unspecified atom stereocenters. The van der Waals surface area contributed by atoms with Gasteiger partial charge < -0.3 is 39.7 Å². The van der Waals surface area contributed by atoms with Gasteiger partial charge in [-0.3, -0.25) is 14.4 Å². The minimum Gasteiger partial charge on any atom is -0.508 e. The lowest BCUT2D eigenvalue weighted by Crippen LogP contribution is -2.60. The number of phenols is 2. The summed E-state index contributed by atoms with van der Waals surface area (Å²) in [6.07, 6.45) is -8.16. The Balaban J connectivity index is 1.73.